The lowest BCUT2D eigenvalue weighted by molar-refractivity contribution is -0.134. The second-order valence-electron chi connectivity index (χ2n) is 5.99. The summed E-state index contributed by atoms with van der Waals surface area (Å²) in [5, 5.41) is 4.62. The predicted molar refractivity (Wildman–Crippen MR) is 98.7 cm³/mol. The third-order valence-corrected chi connectivity index (χ3v) is 4.59. The molecule has 0 saturated carbocycles. The van der Waals surface area contributed by atoms with Crippen LogP contribution < -0.4 is 5.73 Å². The number of carbonyl (C=O) groups is 1. The van der Waals surface area contributed by atoms with Gasteiger partial charge < -0.3 is 15.2 Å². The molecular weight excluding hydrogens is 363 g/mol. The van der Waals surface area contributed by atoms with E-state index in [1.807, 2.05) is 17.0 Å². The van der Waals surface area contributed by atoms with Crippen molar-refractivity contribution in [3.8, 4) is 11.4 Å². The van der Waals surface area contributed by atoms with Crippen LogP contribution in [0.25, 0.3) is 11.4 Å². The van der Waals surface area contributed by atoms with E-state index in [0.29, 0.717) is 36.1 Å². The van der Waals surface area contributed by atoms with Crippen LogP contribution in [0.15, 0.2) is 28.8 Å². The molecule has 1 aliphatic heterocycles. The van der Waals surface area contributed by atoms with E-state index in [9.17, 15) is 4.79 Å². The number of aromatic nitrogens is 2. The summed E-state index contributed by atoms with van der Waals surface area (Å²) < 4.78 is 5.25. The number of carbonyl (C=O) groups excluding carboxylic acids is 1. The number of hydrogen-bond donors (Lipinski definition) is 1. The van der Waals surface area contributed by atoms with Crippen LogP contribution in [0.3, 0.4) is 0 Å². The van der Waals surface area contributed by atoms with Gasteiger partial charge in [0.15, 0.2) is 0 Å². The van der Waals surface area contributed by atoms with E-state index in [2.05, 4.69) is 10.1 Å². The number of rotatable bonds is 5. The molecule has 1 aromatic carbocycles. The largest absolute Gasteiger partial charge is 0.339 e. The molecular formula is C17H22Cl2N4O2. The molecule has 1 amide bonds. The first-order valence-corrected chi connectivity index (χ1v) is 8.63. The van der Waals surface area contributed by atoms with Crippen LogP contribution in [0.1, 0.15) is 31.6 Å². The average Bonchev–Trinajstić information content (AvgIpc) is 3.09. The maximum absolute atomic E-state index is 12.4. The Morgan fingerprint density at radius 1 is 1.32 bits per heavy atom. The van der Waals surface area contributed by atoms with Crippen LogP contribution in [0.5, 0.6) is 0 Å². The number of nitrogens with zero attached hydrogens (tertiary/aromatic N) is 3. The second-order valence-corrected chi connectivity index (χ2v) is 6.43. The Hall–Kier alpha value is -1.63. The first-order valence-electron chi connectivity index (χ1n) is 8.25. The molecule has 0 radical (unpaired) electrons. The highest BCUT2D eigenvalue weighted by Gasteiger charge is 2.25. The number of benzene rings is 1. The fourth-order valence-corrected chi connectivity index (χ4v) is 3.13. The summed E-state index contributed by atoms with van der Waals surface area (Å²) in [7, 11) is 0. The van der Waals surface area contributed by atoms with Gasteiger partial charge in [0.05, 0.1) is 0 Å². The molecule has 136 valence electrons. The Morgan fingerprint density at radius 3 is 2.80 bits per heavy atom. The average molecular weight is 385 g/mol. The lowest BCUT2D eigenvalue weighted by atomic mass is 10.0. The molecule has 1 saturated heterocycles. The van der Waals surface area contributed by atoms with Crippen molar-refractivity contribution < 1.29 is 9.32 Å². The molecule has 6 nitrogen and oxygen atoms in total. The van der Waals surface area contributed by atoms with Gasteiger partial charge in [-0.15, -0.1) is 12.4 Å². The van der Waals surface area contributed by atoms with Crippen LogP contribution in [0, 0.1) is 0 Å². The fraction of sp³-hybridized carbons (Fsp3) is 0.471. The van der Waals surface area contributed by atoms with E-state index >= 15 is 0 Å². The molecule has 1 atom stereocenters. The molecule has 2 heterocycles. The highest BCUT2D eigenvalue weighted by Crippen LogP contribution is 2.20. The van der Waals surface area contributed by atoms with E-state index in [0.717, 1.165) is 31.4 Å². The van der Waals surface area contributed by atoms with Crippen molar-refractivity contribution in [2.45, 2.75) is 38.1 Å². The van der Waals surface area contributed by atoms with Gasteiger partial charge in [0.25, 0.3) is 0 Å². The van der Waals surface area contributed by atoms with E-state index < -0.39 is 0 Å². The zero-order valence-corrected chi connectivity index (χ0v) is 15.4. The summed E-state index contributed by atoms with van der Waals surface area (Å²) in [6, 6.07) is 7.39. The van der Waals surface area contributed by atoms with Gasteiger partial charge >= 0.3 is 0 Å². The zero-order valence-electron chi connectivity index (χ0n) is 13.9. The second kappa shape index (κ2) is 9.17. The molecule has 1 unspecified atom stereocenters. The number of nitrogens with two attached hydrogens (primary N) is 1. The number of hydrogen-bond acceptors (Lipinski definition) is 5. The van der Waals surface area contributed by atoms with Gasteiger partial charge in [-0.3, -0.25) is 4.79 Å². The number of amides is 1. The maximum atomic E-state index is 12.4. The highest BCUT2D eigenvalue weighted by molar-refractivity contribution is 6.30. The molecule has 2 N–H and O–H groups in total. The van der Waals surface area contributed by atoms with Gasteiger partial charge in [-0.2, -0.15) is 4.98 Å². The number of piperidine rings is 1. The summed E-state index contributed by atoms with van der Waals surface area (Å²) in [6.07, 6.45) is 3.97. The third-order valence-electron chi connectivity index (χ3n) is 4.34. The highest BCUT2D eigenvalue weighted by atomic mass is 35.5. The molecule has 1 aliphatic rings. The number of likely N-dealkylation sites (tertiary alicyclic amines) is 1. The van der Waals surface area contributed by atoms with E-state index in [1.54, 1.807) is 12.1 Å². The first-order chi connectivity index (χ1) is 11.7. The number of aryl methyl sites for hydroxylation is 1. The maximum Gasteiger partial charge on any atom is 0.227 e. The van der Waals surface area contributed by atoms with Crippen LogP contribution >= 0.6 is 24.0 Å². The van der Waals surface area contributed by atoms with Gasteiger partial charge in [-0.25, -0.2) is 0 Å². The van der Waals surface area contributed by atoms with Crippen LogP contribution in [-0.2, 0) is 11.2 Å². The van der Waals surface area contributed by atoms with Gasteiger partial charge in [0, 0.05) is 42.6 Å². The van der Waals surface area contributed by atoms with Crippen molar-refractivity contribution >= 4 is 29.9 Å². The molecule has 25 heavy (non-hydrogen) atoms. The normalized spacial score (nSPS) is 17.2. The molecule has 0 aliphatic carbocycles. The summed E-state index contributed by atoms with van der Waals surface area (Å²) >= 11 is 5.87. The predicted octanol–water partition coefficient (Wildman–Crippen LogP) is 3.08. The van der Waals surface area contributed by atoms with Gasteiger partial charge in [-0.1, -0.05) is 16.8 Å². The minimum atomic E-state index is 0. The molecule has 8 heteroatoms. The Morgan fingerprint density at radius 2 is 2.08 bits per heavy atom. The zero-order chi connectivity index (χ0) is 16.9. The minimum Gasteiger partial charge on any atom is -0.339 e. The summed E-state index contributed by atoms with van der Waals surface area (Å²) in [6.45, 7) is 1.31. The van der Waals surface area contributed by atoms with E-state index in [1.165, 1.54) is 0 Å². The SMILES string of the molecule is Cl.NCC1CCCCN1C(=O)CCc1nc(-c2ccc(Cl)cc2)no1. The van der Waals surface area contributed by atoms with Gasteiger partial charge in [0.1, 0.15) is 0 Å². The van der Waals surface area contributed by atoms with Crippen LogP contribution in [0.4, 0.5) is 0 Å². The Kier molecular flexibility index (Phi) is 7.23. The molecule has 0 bridgehead atoms. The van der Waals surface area contributed by atoms with Crippen molar-refractivity contribution in [2.75, 3.05) is 13.1 Å². The summed E-state index contributed by atoms with van der Waals surface area (Å²) in [4.78, 5) is 18.7. The lowest BCUT2D eigenvalue weighted by Gasteiger charge is -2.35. The van der Waals surface area contributed by atoms with Crippen molar-refractivity contribution in [3.05, 3.63) is 35.2 Å². The minimum absolute atomic E-state index is 0. The Balaban J connectivity index is 0.00000225. The Bertz CT molecular complexity index is 690. The van der Waals surface area contributed by atoms with E-state index in [-0.39, 0.29) is 24.4 Å². The number of halogens is 2. The summed E-state index contributed by atoms with van der Waals surface area (Å²) in [5.41, 5.74) is 6.61. The molecule has 3 rings (SSSR count). The third kappa shape index (κ3) is 4.93. The standard InChI is InChI=1S/C17H21ClN4O2.ClH/c18-13-6-4-12(5-7-13)17-20-15(24-21-17)8-9-16(23)22-10-2-1-3-14(22)11-19;/h4-7,14H,1-3,8-11,19H2;1H. The smallest absolute Gasteiger partial charge is 0.227 e. The van der Waals surface area contributed by atoms with Crippen molar-refractivity contribution in [3.63, 3.8) is 0 Å². The quantitative estimate of drug-likeness (QED) is 0.855. The van der Waals surface area contributed by atoms with Gasteiger partial charge in [0.2, 0.25) is 17.6 Å². The van der Waals surface area contributed by atoms with Crippen LogP contribution in [0.2, 0.25) is 5.02 Å². The first kappa shape index (κ1) is 19.7. The monoisotopic (exact) mass is 384 g/mol. The van der Waals surface area contributed by atoms with Crippen molar-refractivity contribution in [1.82, 2.24) is 15.0 Å². The Labute approximate surface area is 158 Å². The molecule has 2 aromatic rings. The topological polar surface area (TPSA) is 85.2 Å². The van der Waals surface area contributed by atoms with Gasteiger partial charge in [-0.05, 0) is 43.5 Å². The van der Waals surface area contributed by atoms with E-state index in [4.69, 9.17) is 21.9 Å². The molecule has 1 fully saturated rings. The van der Waals surface area contributed by atoms with Crippen molar-refractivity contribution in [1.29, 1.82) is 0 Å². The summed E-state index contributed by atoms with van der Waals surface area (Å²) in [5.74, 6) is 1.08. The lowest BCUT2D eigenvalue weighted by Crippen LogP contribution is -2.47. The molecule has 0 spiro atoms. The van der Waals surface area contributed by atoms with Crippen LogP contribution in [-0.4, -0.2) is 40.1 Å². The fourth-order valence-electron chi connectivity index (χ4n) is 3.00. The van der Waals surface area contributed by atoms with Crippen molar-refractivity contribution in [2.24, 2.45) is 5.73 Å². The molecule has 1 aromatic heterocycles.